The van der Waals surface area contributed by atoms with E-state index in [0.717, 1.165) is 46.9 Å². The summed E-state index contributed by atoms with van der Waals surface area (Å²) >= 11 is 0. The van der Waals surface area contributed by atoms with E-state index in [1.807, 2.05) is 32.0 Å². The first kappa shape index (κ1) is 22.1. The van der Waals surface area contributed by atoms with Gasteiger partial charge >= 0.3 is 0 Å². The number of nitrogens with one attached hydrogen (secondary N) is 1. The Labute approximate surface area is 179 Å². The maximum Gasteiger partial charge on any atom is 0.245 e. The Morgan fingerprint density at radius 3 is 2.60 bits per heavy atom. The highest BCUT2D eigenvalue weighted by Crippen LogP contribution is 2.27. The first-order valence-electron chi connectivity index (χ1n) is 10.2. The molecule has 7 nitrogen and oxygen atoms in total. The second kappa shape index (κ2) is 9.04. The van der Waals surface area contributed by atoms with Gasteiger partial charge in [-0.2, -0.15) is 0 Å². The summed E-state index contributed by atoms with van der Waals surface area (Å²) in [6.45, 7) is 6.70. The minimum atomic E-state index is -3.61. The lowest BCUT2D eigenvalue weighted by Gasteiger charge is -2.35. The summed E-state index contributed by atoms with van der Waals surface area (Å²) in [7, 11) is -3.61. The van der Waals surface area contributed by atoms with Crippen LogP contribution in [0.25, 0.3) is 0 Å². The van der Waals surface area contributed by atoms with Crippen molar-refractivity contribution in [2.24, 2.45) is 0 Å². The molecule has 0 aliphatic carbocycles. The standard InChI is InChI=1S/C22H30N4O3S/c1-16-9-5-6-11-20(16)26(30(4,28)29)15-21(27)24-19-13-17(2)22(23-14-19)25-12-8-7-10-18(25)3/h5-6,9,11,13-14,18H,7-8,10,12,15H2,1-4H3,(H,24,27)/t18-/m1/s1. The topological polar surface area (TPSA) is 82.6 Å². The maximum absolute atomic E-state index is 12.6. The number of carbonyl (C=O) groups excluding carboxylic acids is 1. The average molecular weight is 431 g/mol. The smallest absolute Gasteiger partial charge is 0.245 e. The third-order valence-corrected chi connectivity index (χ3v) is 6.61. The lowest BCUT2D eigenvalue weighted by molar-refractivity contribution is -0.114. The second-order valence-corrected chi connectivity index (χ2v) is 9.91. The van der Waals surface area contributed by atoms with Crippen molar-refractivity contribution in [3.8, 4) is 0 Å². The monoisotopic (exact) mass is 430 g/mol. The average Bonchev–Trinajstić information content (AvgIpc) is 2.67. The molecule has 1 atom stereocenters. The number of carbonyl (C=O) groups is 1. The van der Waals surface area contributed by atoms with Gasteiger partial charge in [-0.15, -0.1) is 0 Å². The minimum Gasteiger partial charge on any atom is -0.354 e. The molecule has 0 unspecified atom stereocenters. The molecule has 30 heavy (non-hydrogen) atoms. The van der Waals surface area contributed by atoms with E-state index in [1.165, 1.54) is 6.42 Å². The molecule has 1 amide bonds. The quantitative estimate of drug-likeness (QED) is 0.759. The van der Waals surface area contributed by atoms with Crippen molar-refractivity contribution < 1.29 is 13.2 Å². The number of nitrogens with zero attached hydrogens (tertiary/aromatic N) is 3. The Morgan fingerprint density at radius 1 is 1.23 bits per heavy atom. The minimum absolute atomic E-state index is 0.298. The molecule has 0 spiro atoms. The predicted molar refractivity (Wildman–Crippen MR) is 122 cm³/mol. The van der Waals surface area contributed by atoms with Gasteiger partial charge in [-0.05, 0) is 63.3 Å². The molecule has 1 aromatic heterocycles. The third-order valence-electron chi connectivity index (χ3n) is 5.48. The molecule has 1 N–H and O–H groups in total. The number of benzene rings is 1. The van der Waals surface area contributed by atoms with E-state index < -0.39 is 15.9 Å². The number of anilines is 3. The fourth-order valence-corrected chi connectivity index (χ4v) is 4.82. The van der Waals surface area contributed by atoms with Crippen molar-refractivity contribution in [3.05, 3.63) is 47.7 Å². The summed E-state index contributed by atoms with van der Waals surface area (Å²) in [6.07, 6.45) is 6.29. The lowest BCUT2D eigenvalue weighted by Crippen LogP contribution is -2.38. The molecule has 0 bridgehead atoms. The van der Waals surface area contributed by atoms with Crippen LogP contribution in [-0.2, 0) is 14.8 Å². The van der Waals surface area contributed by atoms with Crippen LogP contribution < -0.4 is 14.5 Å². The van der Waals surface area contributed by atoms with E-state index in [2.05, 4.69) is 22.1 Å². The van der Waals surface area contributed by atoms with Crippen LogP contribution in [0.15, 0.2) is 36.5 Å². The van der Waals surface area contributed by atoms with Crippen molar-refractivity contribution in [1.82, 2.24) is 4.98 Å². The number of hydrogen-bond donors (Lipinski definition) is 1. The van der Waals surface area contributed by atoms with Crippen LogP contribution in [0.2, 0.25) is 0 Å². The van der Waals surface area contributed by atoms with E-state index >= 15 is 0 Å². The number of hydrogen-bond acceptors (Lipinski definition) is 5. The molecule has 0 radical (unpaired) electrons. The van der Waals surface area contributed by atoms with Gasteiger partial charge in [0.15, 0.2) is 0 Å². The number of amides is 1. The first-order chi connectivity index (χ1) is 14.2. The lowest BCUT2D eigenvalue weighted by atomic mass is 10.0. The zero-order valence-corrected chi connectivity index (χ0v) is 18.9. The van der Waals surface area contributed by atoms with Crippen molar-refractivity contribution in [3.63, 3.8) is 0 Å². The van der Waals surface area contributed by atoms with Gasteiger partial charge in [0.25, 0.3) is 0 Å². The number of aryl methyl sites for hydroxylation is 2. The molecule has 1 aliphatic rings. The number of sulfonamides is 1. The molecular weight excluding hydrogens is 400 g/mol. The molecule has 8 heteroatoms. The third kappa shape index (κ3) is 5.11. The van der Waals surface area contributed by atoms with Gasteiger partial charge in [-0.3, -0.25) is 9.10 Å². The summed E-state index contributed by atoms with van der Waals surface area (Å²) in [5, 5.41) is 2.79. The summed E-state index contributed by atoms with van der Waals surface area (Å²) in [4.78, 5) is 19.5. The molecule has 1 aliphatic heterocycles. The van der Waals surface area contributed by atoms with E-state index in [-0.39, 0.29) is 6.54 Å². The van der Waals surface area contributed by atoms with Gasteiger partial charge in [0.2, 0.25) is 15.9 Å². The molecular formula is C22H30N4O3S. The molecule has 162 valence electrons. The van der Waals surface area contributed by atoms with Gasteiger partial charge in [0.05, 0.1) is 23.8 Å². The SMILES string of the molecule is Cc1ccccc1N(CC(=O)Nc1cnc(N2CCCC[C@H]2C)c(C)c1)S(C)(=O)=O. The Kier molecular flexibility index (Phi) is 6.65. The Bertz CT molecular complexity index is 1020. The highest BCUT2D eigenvalue weighted by Gasteiger charge is 2.23. The maximum atomic E-state index is 12.6. The summed E-state index contributed by atoms with van der Waals surface area (Å²) < 4.78 is 25.7. The summed E-state index contributed by atoms with van der Waals surface area (Å²) in [6, 6.07) is 9.44. The first-order valence-corrected chi connectivity index (χ1v) is 12.1. The molecule has 2 aromatic rings. The Balaban J connectivity index is 1.75. The summed E-state index contributed by atoms with van der Waals surface area (Å²) in [5.41, 5.74) is 2.83. The van der Waals surface area contributed by atoms with Gasteiger partial charge < -0.3 is 10.2 Å². The molecule has 3 rings (SSSR count). The number of rotatable bonds is 6. The van der Waals surface area contributed by atoms with Crippen LogP contribution in [0.4, 0.5) is 17.2 Å². The van der Waals surface area contributed by atoms with Crippen LogP contribution in [0.3, 0.4) is 0 Å². The van der Waals surface area contributed by atoms with Gasteiger partial charge in [0, 0.05) is 12.6 Å². The van der Waals surface area contributed by atoms with Crippen LogP contribution in [0.1, 0.15) is 37.3 Å². The predicted octanol–water partition coefficient (Wildman–Crippen LogP) is 3.48. The van der Waals surface area contributed by atoms with Crippen molar-refractivity contribution in [1.29, 1.82) is 0 Å². The zero-order valence-electron chi connectivity index (χ0n) is 18.1. The number of aromatic nitrogens is 1. The number of piperidine rings is 1. The van der Waals surface area contributed by atoms with E-state index in [9.17, 15) is 13.2 Å². The van der Waals surface area contributed by atoms with Crippen LogP contribution in [-0.4, -0.2) is 44.7 Å². The second-order valence-electron chi connectivity index (χ2n) is 8.01. The van der Waals surface area contributed by atoms with E-state index in [4.69, 9.17) is 0 Å². The number of para-hydroxylation sites is 1. The zero-order chi connectivity index (χ0) is 21.9. The Hall–Kier alpha value is -2.61. The fraction of sp³-hybridized carbons (Fsp3) is 0.455. The van der Waals surface area contributed by atoms with Crippen molar-refractivity contribution in [2.75, 3.05) is 33.9 Å². The highest BCUT2D eigenvalue weighted by molar-refractivity contribution is 7.92. The normalized spacial score (nSPS) is 16.9. The summed E-state index contributed by atoms with van der Waals surface area (Å²) in [5.74, 6) is 0.529. The van der Waals surface area contributed by atoms with Crippen molar-refractivity contribution in [2.45, 2.75) is 46.1 Å². The largest absolute Gasteiger partial charge is 0.354 e. The molecule has 2 heterocycles. The Morgan fingerprint density at radius 2 is 1.97 bits per heavy atom. The molecule has 1 aromatic carbocycles. The van der Waals surface area contributed by atoms with Crippen LogP contribution >= 0.6 is 0 Å². The molecule has 1 fully saturated rings. The van der Waals surface area contributed by atoms with E-state index in [0.29, 0.717) is 17.4 Å². The van der Waals surface area contributed by atoms with Gasteiger partial charge in [-0.25, -0.2) is 13.4 Å². The van der Waals surface area contributed by atoms with Gasteiger partial charge in [-0.1, -0.05) is 18.2 Å². The van der Waals surface area contributed by atoms with Crippen LogP contribution in [0, 0.1) is 13.8 Å². The highest BCUT2D eigenvalue weighted by atomic mass is 32.2. The fourth-order valence-electron chi connectivity index (χ4n) is 3.90. The molecule has 1 saturated heterocycles. The van der Waals surface area contributed by atoms with Crippen molar-refractivity contribution >= 4 is 33.1 Å². The number of pyridine rings is 1. The van der Waals surface area contributed by atoms with Gasteiger partial charge in [0.1, 0.15) is 12.4 Å². The molecule has 0 saturated carbocycles. The van der Waals surface area contributed by atoms with E-state index in [1.54, 1.807) is 18.3 Å². The van der Waals surface area contributed by atoms with Crippen LogP contribution in [0.5, 0.6) is 0 Å².